The fourth-order valence-corrected chi connectivity index (χ4v) is 2.78. The van der Waals surface area contributed by atoms with Crippen molar-refractivity contribution >= 4 is 11.6 Å². The van der Waals surface area contributed by atoms with Crippen molar-refractivity contribution < 1.29 is 12.3 Å². The van der Waals surface area contributed by atoms with Crippen molar-refractivity contribution in [2.45, 2.75) is 50.9 Å². The smallest absolute Gasteiger partial charge is 0.0476 e. The van der Waals surface area contributed by atoms with E-state index in [2.05, 4.69) is 0 Å². The van der Waals surface area contributed by atoms with Gasteiger partial charge in [0.1, 0.15) is 0 Å². The highest BCUT2D eigenvalue weighted by Gasteiger charge is 2.46. The number of rotatable bonds is 5. The third-order valence-corrected chi connectivity index (χ3v) is 3.96. The molecule has 2 rings (SSSR count). The fourth-order valence-electron chi connectivity index (χ4n) is 2.65. The lowest BCUT2D eigenvalue weighted by atomic mass is 9.58. The molecule has 1 nitrogen and oxygen atoms in total. The molecule has 1 aliphatic carbocycles. The van der Waals surface area contributed by atoms with Crippen LogP contribution in [0.5, 0.6) is 0 Å². The molecule has 106 valence electrons. The maximum absolute atomic E-state index is 9.32. The van der Waals surface area contributed by atoms with Gasteiger partial charge in [-0.3, -0.25) is 0 Å². The lowest BCUT2D eigenvalue weighted by Gasteiger charge is -2.51. The molecule has 0 amide bonds. The molecule has 0 spiro atoms. The van der Waals surface area contributed by atoms with Crippen LogP contribution in [0, 0.1) is 5.92 Å². The molecule has 1 fully saturated rings. The van der Waals surface area contributed by atoms with Crippen molar-refractivity contribution in [1.82, 2.24) is 4.90 Å². The van der Waals surface area contributed by atoms with Gasteiger partial charge in [0.05, 0.1) is 0 Å². The number of halogens is 1. The Morgan fingerprint density at radius 1 is 1.37 bits per heavy atom. The van der Waals surface area contributed by atoms with Crippen LogP contribution >= 0.6 is 11.6 Å². The number of hydrogen-bond acceptors (Lipinski definition) is 1. The summed E-state index contributed by atoms with van der Waals surface area (Å²) in [6.45, 7) is -3.31. The Bertz CT molecular complexity index is 678. The second-order valence-electron chi connectivity index (χ2n) is 5.43. The Morgan fingerprint density at radius 2 is 2.00 bits per heavy atom. The Kier molecular flexibility index (Phi) is 2.14. The average molecular weight is 289 g/mol. The lowest BCUT2D eigenvalue weighted by Crippen LogP contribution is -2.52. The van der Waals surface area contributed by atoms with Gasteiger partial charge in [-0.15, -0.1) is 0 Å². The van der Waals surface area contributed by atoms with E-state index in [1.54, 1.807) is 24.3 Å². The van der Waals surface area contributed by atoms with Crippen molar-refractivity contribution in [3.05, 3.63) is 34.9 Å². The van der Waals surface area contributed by atoms with Crippen LogP contribution < -0.4 is 0 Å². The summed E-state index contributed by atoms with van der Waals surface area (Å²) in [6, 6.07) is 3.90. The summed E-state index contributed by atoms with van der Waals surface area (Å²) >= 11 is 5.97. The van der Waals surface area contributed by atoms with Crippen molar-refractivity contribution in [3.8, 4) is 0 Å². The Hall–Kier alpha value is -0.530. The van der Waals surface area contributed by atoms with Crippen LogP contribution in [0.25, 0.3) is 0 Å². The van der Waals surface area contributed by atoms with E-state index in [9.17, 15) is 1.37 Å². The van der Waals surface area contributed by atoms with Crippen molar-refractivity contribution in [2.24, 2.45) is 5.92 Å². The van der Waals surface area contributed by atoms with Gasteiger partial charge < -0.3 is 4.90 Å². The fraction of sp³-hybridized carbons (Fsp3) is 0.647. The van der Waals surface area contributed by atoms with Gasteiger partial charge in [-0.1, -0.05) is 44.0 Å². The van der Waals surface area contributed by atoms with Crippen LogP contribution in [0.4, 0.5) is 0 Å². The van der Waals surface area contributed by atoms with Crippen LogP contribution in [0.1, 0.15) is 57.4 Å². The molecule has 1 aromatic rings. The number of nitrogens with zero attached hydrogens (tertiary/aromatic N) is 1. The third-order valence-electron chi connectivity index (χ3n) is 3.71. The standard InChI is InChI=1S/C17H26ClN/c1-13(2)12-16(19(3)4)17(10-5-11-17)14-6-8-15(18)9-7-14/h6-9,13,16H,5,10-12H2,1-4H3/i3D3,4D3,12D2,16D. The van der Waals surface area contributed by atoms with Crippen molar-refractivity contribution in [2.75, 3.05) is 14.0 Å². The molecule has 1 unspecified atom stereocenters. The first-order valence-corrected chi connectivity index (χ1v) is 6.96. The van der Waals surface area contributed by atoms with Gasteiger partial charge in [-0.25, -0.2) is 0 Å². The van der Waals surface area contributed by atoms with E-state index in [-0.39, 0.29) is 4.90 Å². The first-order valence-electron chi connectivity index (χ1n) is 11.1. The zero-order chi connectivity index (χ0) is 21.8. The predicted octanol–water partition coefficient (Wildman–Crippen LogP) is 4.74. The van der Waals surface area contributed by atoms with E-state index in [0.29, 0.717) is 29.8 Å². The van der Waals surface area contributed by atoms with E-state index in [1.165, 1.54) is 13.8 Å². The molecule has 19 heavy (non-hydrogen) atoms. The molecule has 0 bridgehead atoms. The molecule has 1 aliphatic rings. The zero-order valence-electron chi connectivity index (χ0n) is 20.3. The third kappa shape index (κ3) is 2.98. The summed E-state index contributed by atoms with van der Waals surface area (Å²) in [4.78, 5) is 0.140. The maximum Gasteiger partial charge on any atom is 0.0476 e. The normalized spacial score (nSPS) is 30.3. The first-order chi connectivity index (χ1) is 12.5. The minimum absolute atomic E-state index is 0.140. The number of likely N-dealkylation sites (N-methyl/N-ethyl adjacent to an activating group) is 1. The van der Waals surface area contributed by atoms with Crippen LogP contribution in [-0.4, -0.2) is 24.9 Å². The summed E-state index contributed by atoms with van der Waals surface area (Å²) in [6.07, 6.45) is -1.16. The maximum atomic E-state index is 9.32. The minimum Gasteiger partial charge on any atom is -0.306 e. The highest BCUT2D eigenvalue weighted by atomic mass is 35.5. The largest absolute Gasteiger partial charge is 0.306 e. The molecule has 1 saturated carbocycles. The Balaban J connectivity index is 2.87. The van der Waals surface area contributed by atoms with E-state index in [4.69, 9.17) is 22.6 Å². The van der Waals surface area contributed by atoms with Gasteiger partial charge in [0.25, 0.3) is 0 Å². The van der Waals surface area contributed by atoms with Gasteiger partial charge in [-0.05, 0) is 56.8 Å². The minimum atomic E-state index is -3.19. The van der Waals surface area contributed by atoms with Crippen LogP contribution in [0.3, 0.4) is 0 Å². The van der Waals surface area contributed by atoms with Gasteiger partial charge in [-0.2, -0.15) is 0 Å². The molecule has 0 radical (unpaired) electrons. The topological polar surface area (TPSA) is 3.24 Å². The molecular weight excluding hydrogens is 254 g/mol. The Labute approximate surface area is 135 Å². The van der Waals surface area contributed by atoms with E-state index in [1.807, 2.05) is 0 Å². The quantitative estimate of drug-likeness (QED) is 0.756. The molecule has 0 aromatic heterocycles. The van der Waals surface area contributed by atoms with E-state index >= 15 is 0 Å². The molecule has 1 aromatic carbocycles. The summed E-state index contributed by atoms with van der Waals surface area (Å²) in [5.41, 5.74) is -0.769. The molecule has 0 saturated heterocycles. The average Bonchev–Trinajstić information content (AvgIpc) is 2.44. The van der Waals surface area contributed by atoms with Crippen LogP contribution in [0.2, 0.25) is 5.02 Å². The highest BCUT2D eigenvalue weighted by molar-refractivity contribution is 6.30. The van der Waals surface area contributed by atoms with E-state index in [0.717, 1.165) is 0 Å². The summed E-state index contributed by atoms with van der Waals surface area (Å²) in [5.74, 6) is -0.790. The van der Waals surface area contributed by atoms with E-state index < -0.39 is 37.7 Å². The molecule has 0 aliphatic heterocycles. The van der Waals surface area contributed by atoms with Gasteiger partial charge in [0, 0.05) is 28.8 Å². The molecule has 0 heterocycles. The monoisotopic (exact) mass is 288 g/mol. The van der Waals surface area contributed by atoms with Gasteiger partial charge >= 0.3 is 0 Å². The molecule has 2 heteroatoms. The second-order valence-corrected chi connectivity index (χ2v) is 5.86. The van der Waals surface area contributed by atoms with Crippen LogP contribution in [0.15, 0.2) is 24.3 Å². The molecule has 0 N–H and O–H groups in total. The van der Waals surface area contributed by atoms with Crippen LogP contribution in [-0.2, 0) is 5.41 Å². The van der Waals surface area contributed by atoms with Gasteiger partial charge in [0.15, 0.2) is 0 Å². The first kappa shape index (κ1) is 6.95. The zero-order valence-corrected chi connectivity index (χ0v) is 12.1. The van der Waals surface area contributed by atoms with Gasteiger partial charge in [0.2, 0.25) is 0 Å². The lowest BCUT2D eigenvalue weighted by molar-refractivity contribution is 0.0808. The van der Waals surface area contributed by atoms with Crippen molar-refractivity contribution in [1.29, 1.82) is 0 Å². The molecular formula is C17H26ClN. The summed E-state index contributed by atoms with van der Waals surface area (Å²) in [7, 11) is 0. The van der Waals surface area contributed by atoms with Crippen molar-refractivity contribution in [3.63, 3.8) is 0 Å². The summed E-state index contributed by atoms with van der Waals surface area (Å²) in [5, 5.41) is 0.448. The summed E-state index contributed by atoms with van der Waals surface area (Å²) < 4.78 is 74.1. The number of hydrogen-bond donors (Lipinski definition) is 0. The SMILES string of the molecule is [2H]C([2H])([2H])N(C([2H])([2H])[2H])C([2H])(C1(c2ccc(Cl)cc2)CCC1)C([2H])([2H])C(C)C. The Morgan fingerprint density at radius 3 is 2.42 bits per heavy atom. The number of benzene rings is 1. The predicted molar refractivity (Wildman–Crippen MR) is 83.9 cm³/mol. The second kappa shape index (κ2) is 5.85. The molecule has 1 atom stereocenters. The highest BCUT2D eigenvalue weighted by Crippen LogP contribution is 2.49.